The second-order valence-corrected chi connectivity index (χ2v) is 6.31. The average Bonchev–Trinajstić information content (AvgIpc) is 3.01. The number of hydrogen-bond donors (Lipinski definition) is 2. The van der Waals surface area contributed by atoms with Gasteiger partial charge < -0.3 is 20.1 Å². The average molecular weight is 382 g/mol. The highest BCUT2D eigenvalue weighted by Gasteiger charge is 2.20. The van der Waals surface area contributed by atoms with Crippen molar-refractivity contribution in [1.29, 1.82) is 0 Å². The van der Waals surface area contributed by atoms with E-state index in [0.29, 0.717) is 12.3 Å². The van der Waals surface area contributed by atoms with Crippen molar-refractivity contribution in [2.45, 2.75) is 26.4 Å². The van der Waals surface area contributed by atoms with Crippen molar-refractivity contribution in [1.82, 2.24) is 15.1 Å². The molecule has 0 aliphatic carbocycles. The molecular weight excluding hydrogens is 358 g/mol. The van der Waals surface area contributed by atoms with Gasteiger partial charge in [0.15, 0.2) is 0 Å². The maximum atomic E-state index is 12.6. The van der Waals surface area contributed by atoms with Crippen molar-refractivity contribution in [2.24, 2.45) is 13.0 Å². The largest absolute Gasteiger partial charge is 0.497 e. The lowest BCUT2D eigenvalue weighted by Crippen LogP contribution is -2.34. The minimum atomic E-state index is -3.00. The van der Waals surface area contributed by atoms with Crippen LogP contribution in [0.2, 0.25) is 0 Å². The summed E-state index contributed by atoms with van der Waals surface area (Å²) in [5, 5.41) is 9.46. The molecule has 0 aliphatic heterocycles. The van der Waals surface area contributed by atoms with Crippen LogP contribution in [0.1, 0.15) is 25.5 Å². The van der Waals surface area contributed by atoms with Gasteiger partial charge in [0.1, 0.15) is 11.5 Å². The predicted molar refractivity (Wildman–Crippen MR) is 97.4 cm³/mol. The third kappa shape index (κ3) is 5.57. The molecule has 148 valence electrons. The van der Waals surface area contributed by atoms with Gasteiger partial charge in [-0.25, -0.2) is 4.79 Å². The molecule has 2 aromatic rings. The van der Waals surface area contributed by atoms with Gasteiger partial charge in [-0.05, 0) is 24.1 Å². The molecule has 2 N–H and O–H groups in total. The Hall–Kier alpha value is -2.84. The summed E-state index contributed by atoms with van der Waals surface area (Å²) in [6, 6.07) is 5.57. The van der Waals surface area contributed by atoms with Crippen LogP contribution in [-0.2, 0) is 7.05 Å². The smallest absolute Gasteiger partial charge is 0.387 e. The standard InChI is InChI=1S/C18H24F2N4O3/c1-11(2)13(15-7-8-22-24(15)3)10-21-18(25)23-14-9-12(26-4)5-6-16(14)27-17(19)20/h5-9,11,13,17H,10H2,1-4H3,(H2,21,23,25). The van der Waals surface area contributed by atoms with Gasteiger partial charge in [0, 0.05) is 37.5 Å². The zero-order chi connectivity index (χ0) is 20.0. The highest BCUT2D eigenvalue weighted by molar-refractivity contribution is 5.91. The van der Waals surface area contributed by atoms with Crippen LogP contribution in [0.4, 0.5) is 19.3 Å². The molecule has 1 atom stereocenters. The van der Waals surface area contributed by atoms with Crippen molar-refractivity contribution < 1.29 is 23.0 Å². The van der Waals surface area contributed by atoms with Crippen molar-refractivity contribution in [3.05, 3.63) is 36.2 Å². The second kappa shape index (κ2) is 9.20. The summed E-state index contributed by atoms with van der Waals surface area (Å²) in [5.74, 6) is 0.565. The van der Waals surface area contributed by atoms with Crippen molar-refractivity contribution in [2.75, 3.05) is 19.0 Å². The summed E-state index contributed by atoms with van der Waals surface area (Å²) in [6.07, 6.45) is 1.70. The van der Waals surface area contributed by atoms with Gasteiger partial charge in [-0.1, -0.05) is 13.8 Å². The number of anilines is 1. The predicted octanol–water partition coefficient (Wildman–Crippen LogP) is 3.59. The summed E-state index contributed by atoms with van der Waals surface area (Å²) < 4.78 is 36.4. The quantitative estimate of drug-likeness (QED) is 0.731. The minimum absolute atomic E-state index is 0.0466. The summed E-state index contributed by atoms with van der Waals surface area (Å²) in [6.45, 7) is 1.46. The Morgan fingerprint density at radius 3 is 2.59 bits per heavy atom. The monoisotopic (exact) mass is 382 g/mol. The number of alkyl halides is 2. The van der Waals surface area contributed by atoms with Crippen molar-refractivity contribution in [3.63, 3.8) is 0 Å². The second-order valence-electron chi connectivity index (χ2n) is 6.31. The molecule has 0 fully saturated rings. The number of urea groups is 1. The van der Waals surface area contributed by atoms with Crippen LogP contribution in [-0.4, -0.2) is 36.1 Å². The van der Waals surface area contributed by atoms with Gasteiger partial charge in [-0.2, -0.15) is 13.9 Å². The van der Waals surface area contributed by atoms with Gasteiger partial charge in [0.05, 0.1) is 12.8 Å². The first-order valence-corrected chi connectivity index (χ1v) is 8.47. The van der Waals surface area contributed by atoms with Crippen LogP contribution in [0.5, 0.6) is 11.5 Å². The minimum Gasteiger partial charge on any atom is -0.497 e. The van der Waals surface area contributed by atoms with E-state index in [0.717, 1.165) is 5.69 Å². The Kier molecular flexibility index (Phi) is 6.98. The van der Waals surface area contributed by atoms with E-state index >= 15 is 0 Å². The number of hydrogen-bond acceptors (Lipinski definition) is 4. The van der Waals surface area contributed by atoms with Crippen LogP contribution in [0.15, 0.2) is 30.5 Å². The molecule has 0 saturated heterocycles. The van der Waals surface area contributed by atoms with E-state index in [-0.39, 0.29) is 23.3 Å². The molecule has 1 unspecified atom stereocenters. The maximum absolute atomic E-state index is 12.6. The number of aromatic nitrogens is 2. The molecule has 0 bridgehead atoms. The lowest BCUT2D eigenvalue weighted by molar-refractivity contribution is -0.0493. The lowest BCUT2D eigenvalue weighted by atomic mass is 9.92. The van der Waals surface area contributed by atoms with Crippen molar-refractivity contribution in [3.8, 4) is 11.5 Å². The fourth-order valence-corrected chi connectivity index (χ4v) is 2.73. The molecule has 27 heavy (non-hydrogen) atoms. The Bertz CT molecular complexity index is 765. The summed E-state index contributed by atoms with van der Waals surface area (Å²) in [7, 11) is 3.28. The molecule has 0 saturated carbocycles. The Morgan fingerprint density at radius 2 is 2.04 bits per heavy atom. The summed E-state index contributed by atoms with van der Waals surface area (Å²) in [4.78, 5) is 12.3. The number of carbonyl (C=O) groups is 1. The Balaban J connectivity index is 2.07. The Morgan fingerprint density at radius 1 is 1.30 bits per heavy atom. The molecule has 9 heteroatoms. The van der Waals surface area contributed by atoms with Crippen LogP contribution in [0, 0.1) is 5.92 Å². The van der Waals surface area contributed by atoms with Gasteiger partial charge in [-0.3, -0.25) is 4.68 Å². The highest BCUT2D eigenvalue weighted by Crippen LogP contribution is 2.30. The molecule has 0 spiro atoms. The van der Waals surface area contributed by atoms with Gasteiger partial charge >= 0.3 is 12.6 Å². The number of benzene rings is 1. The van der Waals surface area contributed by atoms with E-state index in [2.05, 4.69) is 20.5 Å². The number of nitrogens with one attached hydrogen (secondary N) is 2. The molecule has 0 aliphatic rings. The van der Waals surface area contributed by atoms with E-state index < -0.39 is 12.6 Å². The van der Waals surface area contributed by atoms with Gasteiger partial charge in [0.2, 0.25) is 0 Å². The third-order valence-corrected chi connectivity index (χ3v) is 4.18. The van der Waals surface area contributed by atoms with E-state index in [9.17, 15) is 13.6 Å². The van der Waals surface area contributed by atoms with E-state index in [1.54, 1.807) is 10.9 Å². The number of methoxy groups -OCH3 is 1. The van der Waals surface area contributed by atoms with Gasteiger partial charge in [-0.15, -0.1) is 0 Å². The summed E-state index contributed by atoms with van der Waals surface area (Å²) >= 11 is 0. The molecule has 2 rings (SSSR count). The van der Waals surface area contributed by atoms with Crippen LogP contribution in [0.3, 0.4) is 0 Å². The van der Waals surface area contributed by atoms with E-state index in [4.69, 9.17) is 4.74 Å². The third-order valence-electron chi connectivity index (χ3n) is 4.18. The number of nitrogens with zero attached hydrogens (tertiary/aromatic N) is 2. The normalized spacial score (nSPS) is 12.1. The first-order chi connectivity index (χ1) is 12.8. The SMILES string of the molecule is COc1ccc(OC(F)F)c(NC(=O)NCC(c2ccnn2C)C(C)C)c1. The zero-order valence-electron chi connectivity index (χ0n) is 15.7. The van der Waals surface area contributed by atoms with Crippen LogP contribution in [0.25, 0.3) is 0 Å². The van der Waals surface area contributed by atoms with Crippen LogP contribution >= 0.6 is 0 Å². The first kappa shape index (κ1) is 20.5. The maximum Gasteiger partial charge on any atom is 0.387 e. The molecule has 1 aromatic carbocycles. The van der Waals surface area contributed by atoms with Crippen LogP contribution < -0.4 is 20.1 Å². The molecule has 1 aromatic heterocycles. The fraction of sp³-hybridized carbons (Fsp3) is 0.444. The number of ether oxygens (including phenoxy) is 2. The molecule has 0 radical (unpaired) electrons. The lowest BCUT2D eigenvalue weighted by Gasteiger charge is -2.22. The molecule has 2 amide bonds. The fourth-order valence-electron chi connectivity index (χ4n) is 2.73. The first-order valence-electron chi connectivity index (χ1n) is 8.47. The topological polar surface area (TPSA) is 77.4 Å². The number of carbonyl (C=O) groups excluding carboxylic acids is 1. The molecular formula is C18H24F2N4O3. The molecule has 1 heterocycles. The number of rotatable bonds is 8. The van der Waals surface area contributed by atoms with Crippen molar-refractivity contribution >= 4 is 11.7 Å². The highest BCUT2D eigenvalue weighted by atomic mass is 19.3. The van der Waals surface area contributed by atoms with Gasteiger partial charge in [0.25, 0.3) is 0 Å². The number of halogens is 2. The number of amides is 2. The number of aryl methyl sites for hydroxylation is 1. The Labute approximate surface area is 156 Å². The van der Waals surface area contributed by atoms with E-state index in [1.165, 1.54) is 25.3 Å². The van der Waals surface area contributed by atoms with E-state index in [1.807, 2.05) is 27.0 Å². The molecule has 7 nitrogen and oxygen atoms in total. The summed E-state index contributed by atoms with van der Waals surface area (Å²) in [5.41, 5.74) is 1.09. The zero-order valence-corrected chi connectivity index (χ0v) is 15.7.